The van der Waals surface area contributed by atoms with E-state index in [0.717, 1.165) is 17.2 Å². The summed E-state index contributed by atoms with van der Waals surface area (Å²) in [6.07, 6.45) is 2.59. The van der Waals surface area contributed by atoms with Crippen molar-refractivity contribution in [1.29, 1.82) is 0 Å². The molecule has 0 amide bonds. The Labute approximate surface area is 69.2 Å². The van der Waals surface area contributed by atoms with Gasteiger partial charge in [0.25, 0.3) is 0 Å². The van der Waals surface area contributed by atoms with Crippen LogP contribution in [0.3, 0.4) is 0 Å². The average molecular weight is 160 g/mol. The lowest BCUT2D eigenvalue weighted by Crippen LogP contribution is -1.88. The topological polar surface area (TPSA) is 58.9 Å². The number of benzene rings is 1. The van der Waals surface area contributed by atoms with E-state index in [1.165, 1.54) is 0 Å². The number of carbonyl (C=O) groups excluding carboxylic acids is 1. The van der Waals surface area contributed by atoms with Crippen LogP contribution in [-0.4, -0.2) is 11.3 Å². The highest BCUT2D eigenvalue weighted by atomic mass is 16.1. The van der Waals surface area contributed by atoms with Crippen LogP contribution in [-0.2, 0) is 0 Å². The molecule has 0 aliphatic rings. The molecule has 0 bridgehead atoms. The normalized spacial score (nSPS) is 10.3. The summed E-state index contributed by atoms with van der Waals surface area (Å²) in [5, 5.41) is 0.970. The highest BCUT2D eigenvalue weighted by Gasteiger charge is 2.01. The number of H-pyrrole nitrogens is 1. The van der Waals surface area contributed by atoms with E-state index in [1.807, 2.05) is 12.1 Å². The molecule has 3 nitrogen and oxygen atoms in total. The third-order valence-electron chi connectivity index (χ3n) is 1.84. The molecule has 1 heterocycles. The Morgan fingerprint density at radius 1 is 1.42 bits per heavy atom. The largest absolute Gasteiger partial charge is 0.399 e. The Balaban J connectivity index is 2.88. The standard InChI is InChI=1S/C9H8N2O/c10-8-3-6-1-2-11-9(6)7(4-8)5-12/h1-5,11H,10H2. The molecule has 12 heavy (non-hydrogen) atoms. The van der Waals surface area contributed by atoms with Crippen LogP contribution in [0.15, 0.2) is 24.4 Å². The molecule has 0 atom stereocenters. The number of nitrogen functional groups attached to an aromatic ring is 1. The molecule has 3 heteroatoms. The van der Waals surface area contributed by atoms with Crippen LogP contribution in [0.2, 0.25) is 0 Å². The number of rotatable bonds is 1. The first-order valence-electron chi connectivity index (χ1n) is 3.63. The van der Waals surface area contributed by atoms with E-state index in [1.54, 1.807) is 12.3 Å². The summed E-state index contributed by atoms with van der Waals surface area (Å²) in [7, 11) is 0. The maximum atomic E-state index is 10.6. The molecule has 0 fully saturated rings. The third-order valence-corrected chi connectivity index (χ3v) is 1.84. The van der Waals surface area contributed by atoms with E-state index in [2.05, 4.69) is 4.98 Å². The summed E-state index contributed by atoms with van der Waals surface area (Å²) in [5.74, 6) is 0. The second-order valence-corrected chi connectivity index (χ2v) is 2.67. The smallest absolute Gasteiger partial charge is 0.152 e. The molecule has 0 aliphatic heterocycles. The summed E-state index contributed by atoms with van der Waals surface area (Å²) in [5.41, 5.74) is 7.65. The van der Waals surface area contributed by atoms with Crippen LogP contribution in [0.4, 0.5) is 5.69 Å². The van der Waals surface area contributed by atoms with Crippen molar-refractivity contribution in [3.05, 3.63) is 30.0 Å². The minimum atomic E-state index is 0.606. The van der Waals surface area contributed by atoms with Gasteiger partial charge in [0.1, 0.15) is 0 Å². The fraction of sp³-hybridized carbons (Fsp3) is 0. The molecule has 0 spiro atoms. The predicted molar refractivity (Wildman–Crippen MR) is 48.1 cm³/mol. The monoisotopic (exact) mass is 160 g/mol. The van der Waals surface area contributed by atoms with Gasteiger partial charge in [-0.1, -0.05) is 0 Å². The SMILES string of the molecule is Nc1cc(C=O)c2[nH]ccc2c1. The van der Waals surface area contributed by atoms with Crippen LogP contribution in [0.5, 0.6) is 0 Å². The van der Waals surface area contributed by atoms with E-state index in [0.29, 0.717) is 11.3 Å². The molecule has 60 valence electrons. The number of fused-ring (bicyclic) bond motifs is 1. The number of aromatic nitrogens is 1. The number of nitrogens with two attached hydrogens (primary N) is 1. The van der Waals surface area contributed by atoms with Crippen molar-refractivity contribution in [2.75, 3.05) is 5.73 Å². The second kappa shape index (κ2) is 2.37. The molecule has 3 N–H and O–H groups in total. The van der Waals surface area contributed by atoms with Crippen LogP contribution in [0, 0.1) is 0 Å². The fourth-order valence-electron chi connectivity index (χ4n) is 1.32. The maximum Gasteiger partial charge on any atom is 0.152 e. The fourth-order valence-corrected chi connectivity index (χ4v) is 1.32. The molecular formula is C9H8N2O. The molecule has 0 saturated heterocycles. The van der Waals surface area contributed by atoms with E-state index in [-0.39, 0.29) is 0 Å². The van der Waals surface area contributed by atoms with Gasteiger partial charge >= 0.3 is 0 Å². The molecule has 1 aromatic heterocycles. The Morgan fingerprint density at radius 2 is 2.25 bits per heavy atom. The van der Waals surface area contributed by atoms with Crippen molar-refractivity contribution in [3.63, 3.8) is 0 Å². The van der Waals surface area contributed by atoms with Gasteiger partial charge in [0, 0.05) is 22.8 Å². The number of hydrogen-bond acceptors (Lipinski definition) is 2. The highest BCUT2D eigenvalue weighted by Crippen LogP contribution is 2.19. The van der Waals surface area contributed by atoms with Crippen LogP contribution >= 0.6 is 0 Å². The minimum Gasteiger partial charge on any atom is -0.399 e. The van der Waals surface area contributed by atoms with Gasteiger partial charge in [-0.3, -0.25) is 4.79 Å². The van der Waals surface area contributed by atoms with Crippen molar-refractivity contribution in [2.24, 2.45) is 0 Å². The first-order valence-corrected chi connectivity index (χ1v) is 3.63. The Morgan fingerprint density at radius 3 is 3.00 bits per heavy atom. The summed E-state index contributed by atoms with van der Waals surface area (Å²) in [6.45, 7) is 0. The number of carbonyl (C=O) groups is 1. The summed E-state index contributed by atoms with van der Waals surface area (Å²) < 4.78 is 0. The van der Waals surface area contributed by atoms with E-state index >= 15 is 0 Å². The molecule has 0 radical (unpaired) electrons. The summed E-state index contributed by atoms with van der Waals surface area (Å²) in [4.78, 5) is 13.6. The first kappa shape index (κ1) is 6.91. The van der Waals surface area contributed by atoms with Crippen molar-refractivity contribution in [1.82, 2.24) is 4.98 Å². The minimum absolute atomic E-state index is 0.606. The highest BCUT2D eigenvalue weighted by molar-refractivity contribution is 5.98. The molecule has 1 aromatic carbocycles. The number of aldehydes is 1. The average Bonchev–Trinajstić information content (AvgIpc) is 2.50. The molecular weight excluding hydrogens is 152 g/mol. The molecule has 2 rings (SSSR count). The van der Waals surface area contributed by atoms with Crippen LogP contribution in [0.1, 0.15) is 10.4 Å². The van der Waals surface area contributed by atoms with E-state index in [4.69, 9.17) is 5.73 Å². The van der Waals surface area contributed by atoms with Gasteiger partial charge in [-0.05, 0) is 18.2 Å². The first-order chi connectivity index (χ1) is 5.81. The van der Waals surface area contributed by atoms with E-state index in [9.17, 15) is 4.79 Å². The lowest BCUT2D eigenvalue weighted by molar-refractivity contribution is 0.112. The van der Waals surface area contributed by atoms with Crippen molar-refractivity contribution >= 4 is 22.9 Å². The van der Waals surface area contributed by atoms with Gasteiger partial charge in [-0.25, -0.2) is 0 Å². The third kappa shape index (κ3) is 0.871. The van der Waals surface area contributed by atoms with Gasteiger partial charge in [0.15, 0.2) is 6.29 Å². The zero-order valence-corrected chi connectivity index (χ0v) is 6.37. The molecule has 0 unspecified atom stereocenters. The number of anilines is 1. The van der Waals surface area contributed by atoms with Gasteiger partial charge in [-0.2, -0.15) is 0 Å². The van der Waals surface area contributed by atoms with Crippen molar-refractivity contribution in [2.45, 2.75) is 0 Å². The Kier molecular flexibility index (Phi) is 1.37. The lowest BCUT2D eigenvalue weighted by atomic mass is 10.1. The molecule has 0 saturated carbocycles. The van der Waals surface area contributed by atoms with Crippen LogP contribution in [0.25, 0.3) is 10.9 Å². The van der Waals surface area contributed by atoms with Gasteiger partial charge in [0.05, 0.1) is 5.52 Å². The predicted octanol–water partition coefficient (Wildman–Crippen LogP) is 1.56. The number of aromatic amines is 1. The maximum absolute atomic E-state index is 10.6. The number of nitrogens with one attached hydrogen (secondary N) is 1. The number of hydrogen-bond donors (Lipinski definition) is 2. The summed E-state index contributed by atoms with van der Waals surface area (Å²) >= 11 is 0. The van der Waals surface area contributed by atoms with Gasteiger partial charge < -0.3 is 10.7 Å². The molecule has 0 aliphatic carbocycles. The zero-order chi connectivity index (χ0) is 8.55. The Bertz CT molecular complexity index is 431. The quantitative estimate of drug-likeness (QED) is 0.491. The summed E-state index contributed by atoms with van der Waals surface area (Å²) in [6, 6.07) is 5.38. The van der Waals surface area contributed by atoms with Gasteiger partial charge in [0.2, 0.25) is 0 Å². The van der Waals surface area contributed by atoms with Gasteiger partial charge in [-0.15, -0.1) is 0 Å². The zero-order valence-electron chi connectivity index (χ0n) is 6.37. The van der Waals surface area contributed by atoms with E-state index < -0.39 is 0 Å². The van der Waals surface area contributed by atoms with Crippen molar-refractivity contribution < 1.29 is 4.79 Å². The second-order valence-electron chi connectivity index (χ2n) is 2.67. The lowest BCUT2D eigenvalue weighted by Gasteiger charge is -1.96. The molecule has 2 aromatic rings. The Hall–Kier alpha value is -1.77. The van der Waals surface area contributed by atoms with Crippen LogP contribution < -0.4 is 5.73 Å². The van der Waals surface area contributed by atoms with Crippen molar-refractivity contribution in [3.8, 4) is 0 Å².